The number of carbonyl (C=O) groups is 1. The number of hydrogen-bond acceptors (Lipinski definition) is 6. The van der Waals surface area contributed by atoms with Gasteiger partial charge in [-0.15, -0.1) is 0 Å². The molecule has 1 fully saturated rings. The van der Waals surface area contributed by atoms with Crippen LogP contribution >= 0.6 is 0 Å². The number of benzene rings is 1. The van der Waals surface area contributed by atoms with E-state index in [1.807, 2.05) is 17.9 Å². The van der Waals surface area contributed by atoms with Crippen LogP contribution in [0.1, 0.15) is 17.5 Å². The number of nitrogens with zero attached hydrogens (tertiary/aromatic N) is 2. The Balaban J connectivity index is 1.79. The van der Waals surface area contributed by atoms with Gasteiger partial charge in [0.2, 0.25) is 15.9 Å². The fourth-order valence-electron chi connectivity index (χ4n) is 3.04. The number of rotatable bonds is 8. The van der Waals surface area contributed by atoms with Crippen molar-refractivity contribution < 1.29 is 21.6 Å². The van der Waals surface area contributed by atoms with Gasteiger partial charge in [0, 0.05) is 51.9 Å². The largest absolute Gasteiger partial charge is 0.340 e. The lowest BCUT2D eigenvalue weighted by Crippen LogP contribution is -2.50. The van der Waals surface area contributed by atoms with Crippen molar-refractivity contribution in [2.75, 3.05) is 51.3 Å². The Morgan fingerprint density at radius 2 is 1.71 bits per heavy atom. The molecule has 0 spiro atoms. The van der Waals surface area contributed by atoms with Gasteiger partial charge < -0.3 is 4.90 Å². The van der Waals surface area contributed by atoms with Crippen molar-refractivity contribution >= 4 is 25.8 Å². The highest BCUT2D eigenvalue weighted by atomic mass is 32.2. The molecule has 1 N–H and O–H groups in total. The lowest BCUT2D eigenvalue weighted by atomic mass is 10.2. The average molecular weight is 432 g/mol. The van der Waals surface area contributed by atoms with Gasteiger partial charge in [0.1, 0.15) is 9.84 Å². The van der Waals surface area contributed by atoms with Crippen molar-refractivity contribution in [3.63, 3.8) is 0 Å². The number of aryl methyl sites for hydroxylation is 2. The van der Waals surface area contributed by atoms with Gasteiger partial charge in [-0.1, -0.05) is 12.1 Å². The van der Waals surface area contributed by atoms with Gasteiger partial charge in [0.25, 0.3) is 0 Å². The molecule has 0 aliphatic carbocycles. The lowest BCUT2D eigenvalue weighted by molar-refractivity contribution is -0.132. The van der Waals surface area contributed by atoms with Crippen LogP contribution in [0.4, 0.5) is 0 Å². The second kappa shape index (κ2) is 9.34. The molecule has 1 heterocycles. The van der Waals surface area contributed by atoms with Gasteiger partial charge in [0.15, 0.2) is 0 Å². The van der Waals surface area contributed by atoms with E-state index in [0.717, 1.165) is 5.56 Å². The first kappa shape index (κ1) is 22.8. The third kappa shape index (κ3) is 6.84. The number of hydrogen-bond donors (Lipinski definition) is 1. The molecule has 8 nitrogen and oxygen atoms in total. The summed E-state index contributed by atoms with van der Waals surface area (Å²) in [4.78, 5) is 16.3. The molecule has 1 aliphatic rings. The molecular formula is C18H29N3O5S2. The van der Waals surface area contributed by atoms with E-state index in [1.165, 1.54) is 6.26 Å². The van der Waals surface area contributed by atoms with Crippen molar-refractivity contribution in [2.45, 2.75) is 25.2 Å². The quantitative estimate of drug-likeness (QED) is 0.629. The first-order valence-corrected chi connectivity index (χ1v) is 12.8. The minimum absolute atomic E-state index is 0.0445. The number of sulfone groups is 1. The fraction of sp³-hybridized carbons (Fsp3) is 0.611. The maximum Gasteiger partial charge on any atom is 0.240 e. The van der Waals surface area contributed by atoms with Gasteiger partial charge in [-0.2, -0.15) is 0 Å². The summed E-state index contributed by atoms with van der Waals surface area (Å²) >= 11 is 0. The standard InChI is InChI=1S/C18H29N3O5S2/c1-15-4-5-16(2)17(14-15)28(25,26)19-7-6-18(22)21-10-8-20(9-11-21)12-13-27(3,23)24/h4-5,14,19H,6-13H2,1-3H3. The molecule has 158 valence electrons. The monoisotopic (exact) mass is 431 g/mol. The predicted molar refractivity (Wildman–Crippen MR) is 108 cm³/mol. The first-order chi connectivity index (χ1) is 13.0. The molecule has 0 saturated carbocycles. The van der Waals surface area contributed by atoms with Crippen molar-refractivity contribution in [1.29, 1.82) is 0 Å². The van der Waals surface area contributed by atoms with Crippen molar-refractivity contribution in [3.05, 3.63) is 29.3 Å². The van der Waals surface area contributed by atoms with E-state index in [4.69, 9.17) is 0 Å². The van der Waals surface area contributed by atoms with E-state index in [1.54, 1.807) is 24.0 Å². The van der Waals surface area contributed by atoms with Crippen LogP contribution in [0.25, 0.3) is 0 Å². The summed E-state index contributed by atoms with van der Waals surface area (Å²) < 4.78 is 49.9. The van der Waals surface area contributed by atoms with Gasteiger partial charge >= 0.3 is 0 Å². The minimum atomic E-state index is -3.66. The van der Waals surface area contributed by atoms with Gasteiger partial charge in [-0.05, 0) is 31.0 Å². The Morgan fingerprint density at radius 1 is 1.07 bits per heavy atom. The summed E-state index contributed by atoms with van der Waals surface area (Å²) in [7, 11) is -6.65. The number of amides is 1. The van der Waals surface area contributed by atoms with Crippen molar-refractivity contribution in [2.24, 2.45) is 0 Å². The highest BCUT2D eigenvalue weighted by Gasteiger charge is 2.22. The first-order valence-electron chi connectivity index (χ1n) is 9.23. The molecule has 0 atom stereocenters. The zero-order valence-electron chi connectivity index (χ0n) is 16.6. The summed E-state index contributed by atoms with van der Waals surface area (Å²) in [6.07, 6.45) is 1.31. The molecule has 1 amide bonds. The highest BCUT2D eigenvalue weighted by molar-refractivity contribution is 7.90. The van der Waals surface area contributed by atoms with Crippen LogP contribution in [0.3, 0.4) is 0 Å². The smallest absolute Gasteiger partial charge is 0.240 e. The fourth-order valence-corrected chi connectivity index (χ4v) is 4.99. The Bertz CT molecular complexity index is 905. The van der Waals surface area contributed by atoms with E-state index in [9.17, 15) is 21.6 Å². The normalized spacial score (nSPS) is 16.3. The molecule has 1 saturated heterocycles. The van der Waals surface area contributed by atoms with Crippen molar-refractivity contribution in [3.8, 4) is 0 Å². The molecule has 2 rings (SSSR count). The second-order valence-electron chi connectivity index (χ2n) is 7.27. The SMILES string of the molecule is Cc1ccc(C)c(S(=O)(=O)NCCC(=O)N2CCN(CCS(C)(=O)=O)CC2)c1. The molecule has 28 heavy (non-hydrogen) atoms. The topological polar surface area (TPSA) is 104 Å². The zero-order chi connectivity index (χ0) is 20.9. The Hall–Kier alpha value is -1.49. The molecule has 0 radical (unpaired) electrons. The molecule has 0 aromatic heterocycles. The summed E-state index contributed by atoms with van der Waals surface area (Å²) in [6.45, 7) is 6.36. The predicted octanol–water partition coefficient (Wildman–Crippen LogP) is 0.161. The van der Waals surface area contributed by atoms with Gasteiger partial charge in [-0.25, -0.2) is 21.6 Å². The van der Waals surface area contributed by atoms with Crippen LogP contribution in [-0.4, -0.2) is 83.8 Å². The molecule has 1 aromatic carbocycles. The number of sulfonamides is 1. The molecule has 0 unspecified atom stereocenters. The number of carbonyl (C=O) groups excluding carboxylic acids is 1. The number of piperazine rings is 1. The molecule has 1 aliphatic heterocycles. The van der Waals surface area contributed by atoms with E-state index in [0.29, 0.717) is 38.3 Å². The maximum absolute atomic E-state index is 12.5. The zero-order valence-corrected chi connectivity index (χ0v) is 18.3. The van der Waals surface area contributed by atoms with Crippen LogP contribution in [0.15, 0.2) is 23.1 Å². The minimum Gasteiger partial charge on any atom is -0.340 e. The van der Waals surface area contributed by atoms with Crippen LogP contribution in [0.2, 0.25) is 0 Å². The third-order valence-corrected chi connectivity index (χ3v) is 7.29. The van der Waals surface area contributed by atoms with E-state index < -0.39 is 19.9 Å². The average Bonchev–Trinajstić information content (AvgIpc) is 2.61. The van der Waals surface area contributed by atoms with Gasteiger partial charge in [0.05, 0.1) is 10.6 Å². The number of nitrogens with one attached hydrogen (secondary N) is 1. The van der Waals surface area contributed by atoms with Crippen LogP contribution in [-0.2, 0) is 24.7 Å². The Kier molecular flexibility index (Phi) is 7.60. The van der Waals surface area contributed by atoms with E-state index in [-0.39, 0.29) is 29.5 Å². The maximum atomic E-state index is 12.5. The summed E-state index contributed by atoms with van der Waals surface area (Å²) in [6, 6.07) is 5.24. The highest BCUT2D eigenvalue weighted by Crippen LogP contribution is 2.16. The molecular weight excluding hydrogens is 402 g/mol. The second-order valence-corrected chi connectivity index (χ2v) is 11.3. The van der Waals surface area contributed by atoms with Crippen LogP contribution in [0, 0.1) is 13.8 Å². The summed E-state index contributed by atoms with van der Waals surface area (Å²) in [5, 5.41) is 0. The van der Waals surface area contributed by atoms with Crippen LogP contribution < -0.4 is 4.72 Å². The third-order valence-electron chi connectivity index (χ3n) is 4.77. The Morgan fingerprint density at radius 3 is 2.32 bits per heavy atom. The van der Waals surface area contributed by atoms with E-state index in [2.05, 4.69) is 4.72 Å². The molecule has 0 bridgehead atoms. The van der Waals surface area contributed by atoms with E-state index >= 15 is 0 Å². The van der Waals surface area contributed by atoms with Crippen molar-refractivity contribution in [1.82, 2.24) is 14.5 Å². The summed E-state index contributed by atoms with van der Waals surface area (Å²) in [5.41, 5.74) is 1.52. The summed E-state index contributed by atoms with van der Waals surface area (Å²) in [5.74, 6) is 0.00705. The Labute approximate surface area is 167 Å². The molecule has 1 aromatic rings. The molecule has 10 heteroatoms. The van der Waals surface area contributed by atoms with Crippen LogP contribution in [0.5, 0.6) is 0 Å². The van der Waals surface area contributed by atoms with Gasteiger partial charge in [-0.3, -0.25) is 9.69 Å². The lowest BCUT2D eigenvalue weighted by Gasteiger charge is -2.34.